The van der Waals surface area contributed by atoms with Crippen molar-refractivity contribution in [1.29, 1.82) is 0 Å². The van der Waals surface area contributed by atoms with E-state index in [1.165, 1.54) is 18.7 Å². The number of allylic oxidation sites excluding steroid dienone is 3. The molecule has 0 radical (unpaired) electrons. The Kier molecular flexibility index (Phi) is 4.21. The fraction of sp³-hybridized carbons (Fsp3) is 0.0952. The van der Waals surface area contributed by atoms with E-state index in [1.54, 1.807) is 12.3 Å². The maximum absolute atomic E-state index is 12.4. The fourth-order valence-corrected chi connectivity index (χ4v) is 3.23. The largest absolute Gasteiger partial charge is 0.465 e. The first-order valence-electron chi connectivity index (χ1n) is 9.02. The first kappa shape index (κ1) is 17.1. The Morgan fingerprint density at radius 1 is 1.14 bits per heavy atom. The molecule has 0 unspecified atom stereocenters. The van der Waals surface area contributed by atoms with Crippen LogP contribution in [0.5, 0.6) is 5.75 Å². The van der Waals surface area contributed by atoms with Gasteiger partial charge in [-0.15, -0.1) is 5.11 Å². The van der Waals surface area contributed by atoms with Crippen molar-refractivity contribution in [2.45, 2.75) is 13.0 Å². The lowest BCUT2D eigenvalue weighted by atomic mass is 10.1. The van der Waals surface area contributed by atoms with Gasteiger partial charge < -0.3 is 14.4 Å². The molecule has 1 aliphatic carbocycles. The molecule has 142 valence electrons. The number of carbonyl (C=O) groups is 1. The summed E-state index contributed by atoms with van der Waals surface area (Å²) >= 11 is 0. The van der Waals surface area contributed by atoms with Crippen molar-refractivity contribution in [3.8, 4) is 5.75 Å². The molecule has 0 fully saturated rings. The molecule has 0 spiro atoms. The van der Waals surface area contributed by atoms with Gasteiger partial charge in [0.15, 0.2) is 11.7 Å². The van der Waals surface area contributed by atoms with E-state index in [2.05, 4.69) is 20.2 Å². The third-order valence-electron chi connectivity index (χ3n) is 4.62. The standard InChI is InChI=1S/C21H15N5O3/c27-21-15-11-23-25-20(15)24-19-13-29-18-8-3-6-16(18)26(19)12-14-5-1-2-7-17(14)28-10-4-9-22-21/h1-7,9-11,13H,8,12H2/b10-4-,22-9-,24-20+. The lowest BCUT2D eigenvalue weighted by Gasteiger charge is -2.29. The molecule has 0 saturated heterocycles. The van der Waals surface area contributed by atoms with Crippen molar-refractivity contribution in [1.82, 2.24) is 4.90 Å². The van der Waals surface area contributed by atoms with Crippen molar-refractivity contribution in [3.05, 3.63) is 89.6 Å². The van der Waals surface area contributed by atoms with Crippen LogP contribution >= 0.6 is 0 Å². The van der Waals surface area contributed by atoms with Gasteiger partial charge in [0, 0.05) is 18.2 Å². The maximum Gasteiger partial charge on any atom is 0.282 e. The number of hydrogen-bond donors (Lipinski definition) is 0. The minimum Gasteiger partial charge on any atom is -0.465 e. The van der Waals surface area contributed by atoms with Crippen molar-refractivity contribution in [3.63, 3.8) is 0 Å². The van der Waals surface area contributed by atoms with E-state index in [4.69, 9.17) is 9.47 Å². The average molecular weight is 385 g/mol. The van der Waals surface area contributed by atoms with Crippen LogP contribution in [0.2, 0.25) is 0 Å². The number of ether oxygens (including phenoxy) is 2. The Labute approximate surface area is 166 Å². The molecule has 29 heavy (non-hydrogen) atoms. The monoisotopic (exact) mass is 385 g/mol. The number of azo groups is 1. The molecular formula is C21H15N5O3. The van der Waals surface area contributed by atoms with E-state index in [1.807, 2.05) is 41.3 Å². The maximum atomic E-state index is 12.4. The quantitative estimate of drug-likeness (QED) is 0.681. The summed E-state index contributed by atoms with van der Waals surface area (Å²) in [6, 6.07) is 7.73. The number of fused-ring (bicyclic) bond motifs is 4. The highest BCUT2D eigenvalue weighted by Crippen LogP contribution is 2.35. The van der Waals surface area contributed by atoms with Gasteiger partial charge in [0.25, 0.3) is 5.91 Å². The molecule has 1 amide bonds. The summed E-state index contributed by atoms with van der Waals surface area (Å²) in [6.07, 6.45) is 12.1. The lowest BCUT2D eigenvalue weighted by Crippen LogP contribution is -2.25. The van der Waals surface area contributed by atoms with Gasteiger partial charge in [0.05, 0.1) is 24.7 Å². The van der Waals surface area contributed by atoms with Gasteiger partial charge in [-0.3, -0.25) is 4.79 Å². The lowest BCUT2D eigenvalue weighted by molar-refractivity contribution is -0.113. The number of nitrogens with zero attached hydrogens (tertiary/aromatic N) is 5. The highest BCUT2D eigenvalue weighted by Gasteiger charge is 2.28. The van der Waals surface area contributed by atoms with Crippen LogP contribution in [0, 0.1) is 0 Å². The zero-order valence-corrected chi connectivity index (χ0v) is 15.2. The zero-order chi connectivity index (χ0) is 19.6. The number of amides is 1. The first-order chi connectivity index (χ1) is 14.3. The molecule has 0 atom stereocenters. The van der Waals surface area contributed by atoms with Crippen molar-refractivity contribution in [2.75, 3.05) is 0 Å². The Balaban J connectivity index is 1.62. The number of benzene rings is 1. The average Bonchev–Trinajstić information content (AvgIpc) is 3.39. The van der Waals surface area contributed by atoms with Crippen molar-refractivity contribution in [2.24, 2.45) is 20.2 Å². The first-order valence-corrected chi connectivity index (χ1v) is 9.02. The molecule has 3 aliphatic heterocycles. The minimum absolute atomic E-state index is 0.198. The minimum atomic E-state index is -0.486. The summed E-state index contributed by atoms with van der Waals surface area (Å²) in [7, 11) is 0. The smallest absolute Gasteiger partial charge is 0.282 e. The predicted octanol–water partition coefficient (Wildman–Crippen LogP) is 3.74. The molecule has 1 aromatic rings. The highest BCUT2D eigenvalue weighted by atomic mass is 16.5. The molecule has 5 rings (SSSR count). The van der Waals surface area contributed by atoms with E-state index in [9.17, 15) is 4.79 Å². The summed E-state index contributed by atoms with van der Waals surface area (Å²) in [5.74, 6) is 1.77. The van der Waals surface area contributed by atoms with E-state index >= 15 is 0 Å². The van der Waals surface area contributed by atoms with Crippen LogP contribution < -0.4 is 4.74 Å². The van der Waals surface area contributed by atoms with Crippen molar-refractivity contribution < 1.29 is 14.3 Å². The van der Waals surface area contributed by atoms with Crippen LogP contribution in [-0.2, 0) is 16.1 Å². The number of para-hydroxylation sites is 1. The number of aliphatic imine (C=N–C) groups is 2. The summed E-state index contributed by atoms with van der Waals surface area (Å²) < 4.78 is 11.5. The Hall–Kier alpha value is -4.07. The second-order valence-corrected chi connectivity index (χ2v) is 6.43. The van der Waals surface area contributed by atoms with Crippen LogP contribution in [0.15, 0.2) is 104 Å². The number of amidine groups is 1. The Bertz CT molecular complexity index is 1130. The van der Waals surface area contributed by atoms with Crippen LogP contribution in [0.1, 0.15) is 12.0 Å². The molecule has 4 aliphatic rings. The summed E-state index contributed by atoms with van der Waals surface area (Å²) in [4.78, 5) is 22.8. The molecule has 8 heteroatoms. The molecule has 0 saturated carbocycles. The van der Waals surface area contributed by atoms with Crippen LogP contribution in [-0.4, -0.2) is 22.9 Å². The number of rotatable bonds is 0. The van der Waals surface area contributed by atoms with E-state index in [0.717, 1.165) is 17.0 Å². The highest BCUT2D eigenvalue weighted by molar-refractivity contribution is 6.23. The SMILES string of the molecule is O=C1/N=C\C=C/Oc2ccccc2CN2C(=COC3=C2C=CC3)/N=C2/N=NC=C12. The van der Waals surface area contributed by atoms with Gasteiger partial charge in [-0.1, -0.05) is 24.3 Å². The molecule has 0 aromatic heterocycles. The third-order valence-corrected chi connectivity index (χ3v) is 4.62. The second-order valence-electron chi connectivity index (χ2n) is 6.43. The predicted molar refractivity (Wildman–Crippen MR) is 106 cm³/mol. The topological polar surface area (TPSA) is 88.2 Å². The zero-order valence-electron chi connectivity index (χ0n) is 15.2. The molecule has 0 N–H and O–H groups in total. The molecule has 3 heterocycles. The summed E-state index contributed by atoms with van der Waals surface area (Å²) in [5.41, 5.74) is 2.09. The van der Waals surface area contributed by atoms with E-state index in [-0.39, 0.29) is 11.4 Å². The molecular weight excluding hydrogens is 370 g/mol. The Morgan fingerprint density at radius 3 is 3.03 bits per heavy atom. The summed E-state index contributed by atoms with van der Waals surface area (Å²) in [5, 5.41) is 7.82. The van der Waals surface area contributed by atoms with E-state index in [0.29, 0.717) is 24.5 Å². The summed E-state index contributed by atoms with van der Waals surface area (Å²) in [6.45, 7) is 0.497. The van der Waals surface area contributed by atoms with Gasteiger partial charge in [0.2, 0.25) is 0 Å². The fourth-order valence-electron chi connectivity index (χ4n) is 3.23. The number of carbonyl (C=O) groups excluding carboxylic acids is 1. The third kappa shape index (κ3) is 3.20. The van der Waals surface area contributed by atoms with E-state index < -0.39 is 5.91 Å². The normalized spacial score (nSPS) is 23.9. The van der Waals surface area contributed by atoms with Gasteiger partial charge in [-0.2, -0.15) is 5.11 Å². The number of hydrogen-bond acceptors (Lipinski definition) is 7. The van der Waals surface area contributed by atoms with Gasteiger partial charge in [-0.25, -0.2) is 9.98 Å². The van der Waals surface area contributed by atoms with Gasteiger partial charge in [-0.05, 0) is 18.2 Å². The van der Waals surface area contributed by atoms with Crippen LogP contribution in [0.3, 0.4) is 0 Å². The molecule has 0 bridgehead atoms. The second kappa shape index (κ2) is 7.16. The van der Waals surface area contributed by atoms with Crippen LogP contribution in [0.25, 0.3) is 0 Å². The van der Waals surface area contributed by atoms with Gasteiger partial charge >= 0.3 is 0 Å². The van der Waals surface area contributed by atoms with Gasteiger partial charge in [0.1, 0.15) is 23.3 Å². The van der Waals surface area contributed by atoms with Crippen molar-refractivity contribution >= 4 is 18.0 Å². The van der Waals surface area contributed by atoms with Crippen LogP contribution in [0.4, 0.5) is 0 Å². The molecule has 8 nitrogen and oxygen atoms in total. The Morgan fingerprint density at radius 2 is 2.07 bits per heavy atom. The molecule has 1 aromatic carbocycles.